The van der Waals surface area contributed by atoms with Gasteiger partial charge in [0, 0.05) is 0 Å². The lowest BCUT2D eigenvalue weighted by Crippen LogP contribution is -2.10. The Morgan fingerprint density at radius 2 is 1.43 bits per heavy atom. The van der Waals surface area contributed by atoms with Crippen molar-refractivity contribution in [2.24, 2.45) is 11.8 Å². The molecule has 0 spiro atoms. The first-order valence-corrected chi connectivity index (χ1v) is 6.76. The van der Waals surface area contributed by atoms with Crippen molar-refractivity contribution in [2.75, 3.05) is 0 Å². The number of hydrogen-bond acceptors (Lipinski definition) is 0. The Morgan fingerprint density at radius 3 is 1.93 bits per heavy atom. The summed E-state index contributed by atoms with van der Waals surface area (Å²) in [6.07, 6.45) is 11.3. The normalized spacial score (nSPS) is 15.4. The SMILES string of the molecule is CCCCCC(C)[C@H](CC)CCCC. The van der Waals surface area contributed by atoms with Crippen molar-refractivity contribution in [1.29, 1.82) is 0 Å². The zero-order valence-corrected chi connectivity index (χ0v) is 10.8. The summed E-state index contributed by atoms with van der Waals surface area (Å²) in [4.78, 5) is 0. The van der Waals surface area contributed by atoms with Crippen molar-refractivity contribution < 1.29 is 0 Å². The average molecular weight is 198 g/mol. The van der Waals surface area contributed by atoms with Crippen molar-refractivity contribution >= 4 is 0 Å². The van der Waals surface area contributed by atoms with Gasteiger partial charge in [0.25, 0.3) is 0 Å². The fourth-order valence-corrected chi connectivity index (χ4v) is 2.31. The van der Waals surface area contributed by atoms with E-state index in [9.17, 15) is 0 Å². The molecule has 0 heterocycles. The van der Waals surface area contributed by atoms with Crippen molar-refractivity contribution in [1.82, 2.24) is 0 Å². The molecule has 0 saturated heterocycles. The minimum Gasteiger partial charge on any atom is -0.0654 e. The topological polar surface area (TPSA) is 0 Å². The van der Waals surface area contributed by atoms with Gasteiger partial charge in [-0.15, -0.1) is 0 Å². The first-order valence-electron chi connectivity index (χ1n) is 6.76. The van der Waals surface area contributed by atoms with Crippen molar-refractivity contribution in [3.63, 3.8) is 0 Å². The molecule has 0 aromatic carbocycles. The van der Waals surface area contributed by atoms with E-state index >= 15 is 0 Å². The Balaban J connectivity index is 3.61. The van der Waals surface area contributed by atoms with E-state index in [1.807, 2.05) is 0 Å². The van der Waals surface area contributed by atoms with Crippen LogP contribution in [-0.2, 0) is 0 Å². The fourth-order valence-electron chi connectivity index (χ4n) is 2.31. The Kier molecular flexibility index (Phi) is 9.55. The molecule has 86 valence electrons. The van der Waals surface area contributed by atoms with Crippen LogP contribution in [0.4, 0.5) is 0 Å². The van der Waals surface area contributed by atoms with Crippen LogP contribution >= 0.6 is 0 Å². The Bertz CT molecular complexity index is 107. The summed E-state index contributed by atoms with van der Waals surface area (Å²) in [5.74, 6) is 1.95. The van der Waals surface area contributed by atoms with Crippen LogP contribution in [0.25, 0.3) is 0 Å². The lowest BCUT2D eigenvalue weighted by molar-refractivity contribution is 0.294. The molecular weight excluding hydrogens is 168 g/mol. The molecule has 2 atom stereocenters. The molecule has 0 aliphatic heterocycles. The third-order valence-electron chi connectivity index (χ3n) is 3.52. The molecule has 0 amide bonds. The van der Waals surface area contributed by atoms with Gasteiger partial charge in [0.05, 0.1) is 0 Å². The number of rotatable bonds is 9. The highest BCUT2D eigenvalue weighted by molar-refractivity contribution is 4.65. The molecule has 1 unspecified atom stereocenters. The molecule has 0 fully saturated rings. The molecular formula is C14H30. The molecule has 0 N–H and O–H groups in total. The molecule has 0 radical (unpaired) electrons. The number of hydrogen-bond donors (Lipinski definition) is 0. The second-order valence-corrected chi connectivity index (χ2v) is 4.78. The van der Waals surface area contributed by atoms with E-state index in [-0.39, 0.29) is 0 Å². The maximum atomic E-state index is 2.46. The van der Waals surface area contributed by atoms with E-state index in [2.05, 4.69) is 27.7 Å². The molecule has 0 rings (SSSR count). The molecule has 0 nitrogen and oxygen atoms in total. The Labute approximate surface area is 91.5 Å². The van der Waals surface area contributed by atoms with Crippen molar-refractivity contribution in [3.05, 3.63) is 0 Å². The van der Waals surface area contributed by atoms with Gasteiger partial charge < -0.3 is 0 Å². The van der Waals surface area contributed by atoms with Crippen LogP contribution in [0.1, 0.15) is 79.1 Å². The minimum absolute atomic E-state index is 0.957. The van der Waals surface area contributed by atoms with Gasteiger partial charge in [-0.2, -0.15) is 0 Å². The van der Waals surface area contributed by atoms with Crippen LogP contribution in [-0.4, -0.2) is 0 Å². The lowest BCUT2D eigenvalue weighted by Gasteiger charge is -2.22. The zero-order chi connectivity index (χ0) is 10.8. The van der Waals surface area contributed by atoms with E-state index in [1.165, 1.54) is 51.4 Å². The second kappa shape index (κ2) is 9.55. The van der Waals surface area contributed by atoms with Crippen molar-refractivity contribution in [3.8, 4) is 0 Å². The monoisotopic (exact) mass is 198 g/mol. The van der Waals surface area contributed by atoms with Gasteiger partial charge >= 0.3 is 0 Å². The summed E-state index contributed by atoms with van der Waals surface area (Å²) >= 11 is 0. The predicted octanol–water partition coefficient (Wildman–Crippen LogP) is 5.42. The van der Waals surface area contributed by atoms with Gasteiger partial charge in [-0.3, -0.25) is 0 Å². The van der Waals surface area contributed by atoms with Gasteiger partial charge in [0.1, 0.15) is 0 Å². The van der Waals surface area contributed by atoms with E-state index in [1.54, 1.807) is 0 Å². The van der Waals surface area contributed by atoms with Crippen molar-refractivity contribution in [2.45, 2.75) is 79.1 Å². The summed E-state index contributed by atoms with van der Waals surface area (Å²) in [6.45, 7) is 9.41. The van der Waals surface area contributed by atoms with Crippen LogP contribution in [0, 0.1) is 11.8 Å². The average Bonchev–Trinajstić information content (AvgIpc) is 2.19. The molecule has 0 aromatic heterocycles. The van der Waals surface area contributed by atoms with Gasteiger partial charge in [-0.25, -0.2) is 0 Å². The molecule has 14 heavy (non-hydrogen) atoms. The first-order chi connectivity index (χ1) is 6.76. The summed E-state index contributed by atoms with van der Waals surface area (Å²) < 4.78 is 0. The maximum Gasteiger partial charge on any atom is -0.0391 e. The van der Waals surface area contributed by atoms with Crippen LogP contribution in [0.3, 0.4) is 0 Å². The first kappa shape index (κ1) is 14.0. The van der Waals surface area contributed by atoms with Crippen LogP contribution in [0.5, 0.6) is 0 Å². The summed E-state index contributed by atoms with van der Waals surface area (Å²) in [5, 5.41) is 0. The molecule has 0 aromatic rings. The van der Waals surface area contributed by atoms with Gasteiger partial charge in [0.2, 0.25) is 0 Å². The number of unbranched alkanes of at least 4 members (excludes halogenated alkanes) is 3. The van der Waals surface area contributed by atoms with Gasteiger partial charge in [0.15, 0.2) is 0 Å². The predicted molar refractivity (Wildman–Crippen MR) is 66.6 cm³/mol. The zero-order valence-electron chi connectivity index (χ0n) is 10.8. The Morgan fingerprint density at radius 1 is 0.786 bits per heavy atom. The third-order valence-corrected chi connectivity index (χ3v) is 3.52. The van der Waals surface area contributed by atoms with Crippen LogP contribution in [0.2, 0.25) is 0 Å². The highest BCUT2D eigenvalue weighted by atomic mass is 14.2. The molecule has 0 saturated carbocycles. The Hall–Kier alpha value is 0. The second-order valence-electron chi connectivity index (χ2n) is 4.78. The van der Waals surface area contributed by atoms with Gasteiger partial charge in [-0.05, 0) is 11.8 Å². The summed E-state index contributed by atoms with van der Waals surface area (Å²) in [7, 11) is 0. The highest BCUT2D eigenvalue weighted by Crippen LogP contribution is 2.26. The minimum atomic E-state index is 0.957. The lowest BCUT2D eigenvalue weighted by atomic mass is 9.84. The summed E-state index contributed by atoms with van der Waals surface area (Å²) in [6, 6.07) is 0. The van der Waals surface area contributed by atoms with E-state index in [4.69, 9.17) is 0 Å². The summed E-state index contributed by atoms with van der Waals surface area (Å²) in [5.41, 5.74) is 0. The van der Waals surface area contributed by atoms with Crippen LogP contribution in [0.15, 0.2) is 0 Å². The third kappa shape index (κ3) is 6.45. The smallest absolute Gasteiger partial charge is 0.0391 e. The quantitative estimate of drug-likeness (QED) is 0.434. The van der Waals surface area contributed by atoms with E-state index in [0.29, 0.717) is 0 Å². The fraction of sp³-hybridized carbons (Fsp3) is 1.00. The molecule has 0 heteroatoms. The molecule has 0 bridgehead atoms. The maximum absolute atomic E-state index is 2.46. The highest BCUT2D eigenvalue weighted by Gasteiger charge is 2.13. The largest absolute Gasteiger partial charge is 0.0654 e. The van der Waals surface area contributed by atoms with Gasteiger partial charge in [-0.1, -0.05) is 79.1 Å². The standard InChI is InChI=1S/C14H30/c1-5-8-10-11-13(4)14(7-3)12-9-6-2/h13-14H,5-12H2,1-4H3/t13?,14-/m1/s1. The molecule has 0 aliphatic carbocycles. The van der Waals surface area contributed by atoms with Crippen LogP contribution < -0.4 is 0 Å². The van der Waals surface area contributed by atoms with E-state index < -0.39 is 0 Å². The molecule has 0 aliphatic rings. The van der Waals surface area contributed by atoms with E-state index in [0.717, 1.165) is 11.8 Å².